The van der Waals surface area contributed by atoms with Gasteiger partial charge in [-0.3, -0.25) is 4.79 Å². The van der Waals surface area contributed by atoms with E-state index in [0.29, 0.717) is 48.9 Å². The van der Waals surface area contributed by atoms with Crippen molar-refractivity contribution in [3.8, 4) is 5.75 Å². The first kappa shape index (κ1) is 24.5. The molecule has 1 fully saturated rings. The highest BCUT2D eigenvalue weighted by atomic mass is 32.2. The highest BCUT2D eigenvalue weighted by Gasteiger charge is 2.27. The van der Waals surface area contributed by atoms with Gasteiger partial charge in [-0.25, -0.2) is 12.8 Å². The number of carbonyl (C=O) groups excluding carboxylic acids is 1. The number of hydrogen-bond donors (Lipinski definition) is 1. The quantitative estimate of drug-likeness (QED) is 0.390. The van der Waals surface area contributed by atoms with Gasteiger partial charge in [0.1, 0.15) is 11.6 Å². The van der Waals surface area contributed by atoms with Gasteiger partial charge in [-0.2, -0.15) is 0 Å². The lowest BCUT2D eigenvalue weighted by molar-refractivity contribution is 0.0740. The van der Waals surface area contributed by atoms with Gasteiger partial charge < -0.3 is 19.7 Å². The van der Waals surface area contributed by atoms with Crippen molar-refractivity contribution in [1.29, 1.82) is 0 Å². The van der Waals surface area contributed by atoms with Crippen LogP contribution in [0.3, 0.4) is 0 Å². The van der Waals surface area contributed by atoms with Crippen LogP contribution in [0, 0.1) is 5.82 Å². The zero-order chi connectivity index (χ0) is 24.3. The molecule has 0 aliphatic carbocycles. The predicted octanol–water partition coefficient (Wildman–Crippen LogP) is 3.18. The molecule has 1 heterocycles. The second-order valence-electron chi connectivity index (χ2n) is 8.23. The van der Waals surface area contributed by atoms with E-state index in [0.717, 1.165) is 6.26 Å². The van der Waals surface area contributed by atoms with E-state index in [9.17, 15) is 17.6 Å². The lowest BCUT2D eigenvalue weighted by Gasteiger charge is -2.36. The van der Waals surface area contributed by atoms with Crippen LogP contribution >= 0.6 is 0 Å². The molecular weight excluding hydrogens is 449 g/mol. The normalized spacial score (nSPS) is 15.2. The van der Waals surface area contributed by atoms with Crippen LogP contribution in [-0.4, -0.2) is 68.7 Å². The molecule has 0 aromatic heterocycles. The molecule has 0 bridgehead atoms. The summed E-state index contributed by atoms with van der Waals surface area (Å²) >= 11 is 0. The first-order valence-corrected chi connectivity index (χ1v) is 12.4. The molecule has 2 aromatic rings. The first-order valence-electron chi connectivity index (χ1n) is 10.5. The molecule has 10 heteroatoms. The minimum Gasteiger partial charge on any atom is -0.490 e. The Bertz CT molecular complexity index is 1170. The van der Waals surface area contributed by atoms with Gasteiger partial charge in [-0.15, -0.1) is 0 Å². The van der Waals surface area contributed by atoms with Crippen molar-refractivity contribution in [2.75, 3.05) is 37.3 Å². The Labute approximate surface area is 193 Å². The molecule has 1 amide bonds. The maximum absolute atomic E-state index is 14.7. The van der Waals surface area contributed by atoms with Crippen LogP contribution < -0.4 is 9.64 Å². The van der Waals surface area contributed by atoms with Crippen molar-refractivity contribution in [2.24, 2.45) is 5.16 Å². The zero-order valence-corrected chi connectivity index (χ0v) is 19.9. The van der Waals surface area contributed by atoms with Crippen LogP contribution in [0.5, 0.6) is 5.75 Å². The molecule has 1 aliphatic heterocycles. The second-order valence-corrected chi connectivity index (χ2v) is 10.2. The number of anilines is 1. The average Bonchev–Trinajstić information content (AvgIpc) is 2.77. The lowest BCUT2D eigenvalue weighted by atomic mass is 10.1. The molecule has 0 unspecified atom stereocenters. The Kier molecular flexibility index (Phi) is 7.26. The van der Waals surface area contributed by atoms with Gasteiger partial charge in [0.15, 0.2) is 9.84 Å². The molecular formula is C23H28FN3O5S. The van der Waals surface area contributed by atoms with Crippen LogP contribution in [0.25, 0.3) is 0 Å². The minimum atomic E-state index is -3.50. The van der Waals surface area contributed by atoms with E-state index >= 15 is 0 Å². The third kappa shape index (κ3) is 5.62. The second kappa shape index (κ2) is 9.78. The number of oxime groups is 1. The molecule has 1 N–H and O–H groups in total. The molecule has 0 spiro atoms. The zero-order valence-electron chi connectivity index (χ0n) is 19.1. The van der Waals surface area contributed by atoms with E-state index in [2.05, 4.69) is 5.16 Å². The van der Waals surface area contributed by atoms with Gasteiger partial charge >= 0.3 is 0 Å². The Hall–Kier alpha value is -3.14. The maximum Gasteiger partial charge on any atom is 0.257 e. The van der Waals surface area contributed by atoms with Crippen molar-refractivity contribution in [2.45, 2.75) is 31.8 Å². The number of amides is 1. The van der Waals surface area contributed by atoms with Crippen LogP contribution in [0.15, 0.2) is 46.4 Å². The number of rotatable bonds is 6. The summed E-state index contributed by atoms with van der Waals surface area (Å²) in [6.45, 7) is 6.70. The summed E-state index contributed by atoms with van der Waals surface area (Å²) < 4.78 is 44.4. The summed E-state index contributed by atoms with van der Waals surface area (Å²) in [4.78, 5) is 16.8. The summed E-state index contributed by atoms with van der Waals surface area (Å²) in [6, 6.07) is 8.91. The predicted molar refractivity (Wildman–Crippen MR) is 124 cm³/mol. The molecule has 0 radical (unpaired) electrons. The molecule has 178 valence electrons. The lowest BCUT2D eigenvalue weighted by Crippen LogP contribution is -2.49. The fraction of sp³-hybridized carbons (Fsp3) is 0.391. The minimum absolute atomic E-state index is 0.0458. The van der Waals surface area contributed by atoms with Crippen molar-refractivity contribution in [1.82, 2.24) is 4.90 Å². The number of carbonyl (C=O) groups is 1. The van der Waals surface area contributed by atoms with Crippen LogP contribution in [0.1, 0.15) is 36.7 Å². The monoisotopic (exact) mass is 477 g/mol. The van der Waals surface area contributed by atoms with Crippen LogP contribution in [-0.2, 0) is 9.84 Å². The average molecular weight is 478 g/mol. The summed E-state index contributed by atoms with van der Waals surface area (Å²) in [5.74, 6) is -0.447. The van der Waals surface area contributed by atoms with E-state index < -0.39 is 15.7 Å². The number of nitrogens with zero attached hydrogens (tertiary/aromatic N) is 3. The van der Waals surface area contributed by atoms with E-state index in [1.807, 2.05) is 18.7 Å². The fourth-order valence-corrected chi connectivity index (χ4v) is 4.28. The molecule has 0 atom stereocenters. The Morgan fingerprint density at radius 2 is 1.79 bits per heavy atom. The molecule has 3 rings (SSSR count). The summed E-state index contributed by atoms with van der Waals surface area (Å²) in [5.41, 5.74) is 1.39. The largest absolute Gasteiger partial charge is 0.490 e. The Morgan fingerprint density at radius 1 is 1.12 bits per heavy atom. The van der Waals surface area contributed by atoms with E-state index in [-0.39, 0.29) is 22.5 Å². The highest BCUT2D eigenvalue weighted by molar-refractivity contribution is 7.90. The molecule has 8 nitrogen and oxygen atoms in total. The number of ether oxygens (including phenoxy) is 1. The third-order valence-corrected chi connectivity index (χ3v) is 6.51. The summed E-state index contributed by atoms with van der Waals surface area (Å²) in [5, 5.41) is 12.0. The van der Waals surface area contributed by atoms with E-state index in [4.69, 9.17) is 9.94 Å². The smallest absolute Gasteiger partial charge is 0.257 e. The molecule has 33 heavy (non-hydrogen) atoms. The molecule has 2 aromatic carbocycles. The SMILES string of the molecule is CC(=NO)c1ccc(N2CCN(C(=O)c3cc(S(C)(=O)=O)ccc3OC(C)C)CC2)c(F)c1. The maximum atomic E-state index is 14.7. The fourth-order valence-electron chi connectivity index (χ4n) is 3.63. The highest BCUT2D eigenvalue weighted by Crippen LogP contribution is 2.27. The molecule has 1 aliphatic rings. The van der Waals surface area contributed by atoms with E-state index in [1.54, 1.807) is 24.0 Å². The number of piperazine rings is 1. The molecule has 0 saturated carbocycles. The number of hydrogen-bond acceptors (Lipinski definition) is 7. The number of halogens is 1. The standard InChI is InChI=1S/C23H28FN3O5S/c1-15(2)32-22-8-6-18(33(4,30)31)14-19(22)23(28)27-11-9-26(10-12-27)21-7-5-17(13-20(21)24)16(3)25-29/h5-8,13-15,29H,9-12H2,1-4H3. The Balaban J connectivity index is 1.79. The first-order chi connectivity index (χ1) is 15.5. The number of sulfone groups is 1. The van der Waals surface area contributed by atoms with Crippen molar-refractivity contribution in [3.05, 3.63) is 53.3 Å². The van der Waals surface area contributed by atoms with Gasteiger partial charge in [0.05, 0.1) is 28.0 Å². The third-order valence-electron chi connectivity index (χ3n) is 5.40. The van der Waals surface area contributed by atoms with Gasteiger partial charge in [0.2, 0.25) is 0 Å². The van der Waals surface area contributed by atoms with Crippen molar-refractivity contribution < 1.29 is 27.5 Å². The summed E-state index contributed by atoms with van der Waals surface area (Å²) in [6.07, 6.45) is 0.898. The molecule has 1 saturated heterocycles. The van der Waals surface area contributed by atoms with Crippen LogP contribution in [0.2, 0.25) is 0 Å². The Morgan fingerprint density at radius 3 is 2.33 bits per heavy atom. The van der Waals surface area contributed by atoms with E-state index in [1.165, 1.54) is 24.3 Å². The van der Waals surface area contributed by atoms with Gasteiger partial charge in [-0.05, 0) is 51.1 Å². The topological polar surface area (TPSA) is 99.5 Å². The number of benzene rings is 2. The van der Waals surface area contributed by atoms with Crippen molar-refractivity contribution >= 4 is 27.1 Å². The van der Waals surface area contributed by atoms with Crippen molar-refractivity contribution in [3.63, 3.8) is 0 Å². The van der Waals surface area contributed by atoms with Crippen LogP contribution in [0.4, 0.5) is 10.1 Å². The van der Waals surface area contributed by atoms with Gasteiger partial charge in [-0.1, -0.05) is 11.2 Å². The van der Waals surface area contributed by atoms with Gasteiger partial charge in [0, 0.05) is 38.0 Å². The van der Waals surface area contributed by atoms with Gasteiger partial charge in [0.25, 0.3) is 5.91 Å². The summed E-state index contributed by atoms with van der Waals surface area (Å²) in [7, 11) is -3.50.